The van der Waals surface area contributed by atoms with Crippen LogP contribution < -0.4 is 18.9 Å². The van der Waals surface area contributed by atoms with Crippen molar-refractivity contribution >= 4 is 34.6 Å². The third-order valence-electron chi connectivity index (χ3n) is 7.32. The van der Waals surface area contributed by atoms with E-state index in [1.807, 2.05) is 49.1 Å². The van der Waals surface area contributed by atoms with Crippen LogP contribution in [0.2, 0.25) is 0 Å². The monoisotopic (exact) mass is 556 g/mol. The van der Waals surface area contributed by atoms with Crippen molar-refractivity contribution in [1.82, 2.24) is 9.13 Å². The minimum Gasteiger partial charge on any atom is -0.375 e. The van der Waals surface area contributed by atoms with Gasteiger partial charge in [0.25, 0.3) is 0 Å². The molecule has 0 radical (unpaired) electrons. The lowest BCUT2D eigenvalue weighted by Crippen LogP contribution is -2.30. The van der Waals surface area contributed by atoms with E-state index in [9.17, 15) is 0 Å². The summed E-state index contributed by atoms with van der Waals surface area (Å²) in [5.41, 5.74) is 4.03. The molecule has 2 heterocycles. The molecule has 4 aromatic rings. The summed E-state index contributed by atoms with van der Waals surface area (Å²) in [5.74, 6) is 1.73. The van der Waals surface area contributed by atoms with E-state index >= 15 is 0 Å². The van der Waals surface area contributed by atoms with Crippen LogP contribution >= 0.6 is 0 Å². The van der Waals surface area contributed by atoms with E-state index in [1.54, 1.807) is 0 Å². The van der Waals surface area contributed by atoms with E-state index in [0.717, 1.165) is 69.0 Å². The van der Waals surface area contributed by atoms with Crippen LogP contribution in [0.3, 0.4) is 0 Å². The summed E-state index contributed by atoms with van der Waals surface area (Å²) < 4.78 is 8.39. The zero-order valence-corrected chi connectivity index (χ0v) is 25.4. The molecule has 0 N–H and O–H groups in total. The Morgan fingerprint density at radius 3 is 1.32 bits per heavy atom. The van der Waals surface area contributed by atoms with E-state index < -0.39 is 0 Å². The maximum atomic E-state index is 4.51. The second-order valence-corrected chi connectivity index (χ2v) is 9.97. The second-order valence-electron chi connectivity index (χ2n) is 9.97. The van der Waals surface area contributed by atoms with Crippen LogP contribution in [0.1, 0.15) is 34.1 Å². The molecule has 0 bridgehead atoms. The topological polar surface area (TPSA) is 73.5 Å². The molecule has 0 spiro atoms. The predicted molar refractivity (Wildman–Crippen MR) is 164 cm³/mol. The van der Waals surface area contributed by atoms with Gasteiger partial charge in [0.2, 0.25) is 0 Å². The van der Waals surface area contributed by atoms with Crippen molar-refractivity contribution in [2.75, 3.05) is 37.0 Å². The number of hydrogen-bond acceptors (Lipinski definition) is 6. The fourth-order valence-corrected chi connectivity index (χ4v) is 4.69. The Morgan fingerprint density at radius 1 is 0.585 bits per heavy atom. The maximum absolute atomic E-state index is 4.51. The van der Waals surface area contributed by atoms with Crippen molar-refractivity contribution < 1.29 is 9.13 Å². The third kappa shape index (κ3) is 7.45. The molecular formula is C31H44N10+2. The molecule has 41 heavy (non-hydrogen) atoms. The number of aromatic nitrogens is 4. The highest BCUT2D eigenvalue weighted by Gasteiger charge is 2.15. The highest BCUT2D eigenvalue weighted by Crippen LogP contribution is 2.23. The molecule has 0 aliphatic rings. The largest absolute Gasteiger partial charge is 0.421 e. The normalized spacial score (nSPS) is 11.7. The number of hydrogen-bond donors (Lipinski definition) is 0. The fourth-order valence-electron chi connectivity index (χ4n) is 4.69. The number of benzene rings is 2. The van der Waals surface area contributed by atoms with Crippen molar-refractivity contribution in [1.29, 1.82) is 0 Å². The Balaban J connectivity index is 1.27. The van der Waals surface area contributed by atoms with Crippen LogP contribution in [0.4, 0.5) is 34.6 Å². The van der Waals surface area contributed by atoms with Gasteiger partial charge in [0.05, 0.1) is 51.0 Å². The number of aryl methyl sites for hydroxylation is 4. The average Bonchev–Trinajstić information content (AvgIpc) is 3.61. The van der Waals surface area contributed by atoms with Crippen LogP contribution in [0.5, 0.6) is 0 Å². The van der Waals surface area contributed by atoms with Crippen LogP contribution in [0.25, 0.3) is 0 Å². The molecular weight excluding hydrogens is 512 g/mol. The highest BCUT2D eigenvalue weighted by atomic mass is 15.3. The third-order valence-corrected chi connectivity index (χ3v) is 7.32. The molecule has 0 saturated heterocycles. The number of anilines is 2. The molecule has 0 fully saturated rings. The Hall–Kier alpha value is -4.34. The van der Waals surface area contributed by atoms with Gasteiger partial charge in [-0.05, 0) is 82.6 Å². The molecule has 10 nitrogen and oxygen atoms in total. The first-order valence-electron chi connectivity index (χ1n) is 14.6. The van der Waals surface area contributed by atoms with Gasteiger partial charge in [0.1, 0.15) is 11.4 Å². The molecule has 0 aliphatic carbocycles. The summed E-state index contributed by atoms with van der Waals surface area (Å²) in [4.78, 5) is 4.56. The summed E-state index contributed by atoms with van der Waals surface area (Å²) in [5, 5.41) is 18.0. The molecule has 2 aromatic carbocycles. The maximum Gasteiger partial charge on any atom is 0.421 e. The van der Waals surface area contributed by atoms with Crippen molar-refractivity contribution in [3.05, 3.63) is 73.3 Å². The van der Waals surface area contributed by atoms with Gasteiger partial charge in [-0.15, -0.1) is 0 Å². The van der Waals surface area contributed by atoms with Gasteiger partial charge >= 0.3 is 11.9 Å². The lowest BCUT2D eigenvalue weighted by atomic mass is 10.2. The first-order valence-corrected chi connectivity index (χ1v) is 14.6. The molecule has 10 heteroatoms. The lowest BCUT2D eigenvalue weighted by molar-refractivity contribution is -0.680. The van der Waals surface area contributed by atoms with Crippen LogP contribution in [-0.2, 0) is 26.2 Å². The Labute approximate surface area is 243 Å². The Morgan fingerprint density at radius 2 is 0.976 bits per heavy atom. The molecule has 4 rings (SSSR count). The zero-order chi connectivity index (χ0) is 29.2. The summed E-state index contributed by atoms with van der Waals surface area (Å²) in [6.45, 7) is 13.8. The summed E-state index contributed by atoms with van der Waals surface area (Å²) >= 11 is 0. The van der Waals surface area contributed by atoms with E-state index in [-0.39, 0.29) is 0 Å². The van der Waals surface area contributed by atoms with E-state index in [4.69, 9.17) is 0 Å². The molecule has 216 valence electrons. The van der Waals surface area contributed by atoms with Crippen LogP contribution in [0, 0.1) is 0 Å². The molecule has 0 atom stereocenters. The summed E-state index contributed by atoms with van der Waals surface area (Å²) in [6.07, 6.45) is 9.21. The van der Waals surface area contributed by atoms with Gasteiger partial charge in [-0.1, -0.05) is 10.2 Å². The molecule has 0 aliphatic heterocycles. The van der Waals surface area contributed by atoms with Crippen molar-refractivity contribution in [3.8, 4) is 0 Å². The van der Waals surface area contributed by atoms with Crippen molar-refractivity contribution in [2.24, 2.45) is 20.5 Å². The molecule has 2 aromatic heterocycles. The molecule has 0 amide bonds. The number of nitrogens with zero attached hydrogens (tertiary/aromatic N) is 10. The zero-order valence-electron chi connectivity index (χ0n) is 25.4. The number of imidazole rings is 2. The van der Waals surface area contributed by atoms with Gasteiger partial charge in [0.15, 0.2) is 0 Å². The van der Waals surface area contributed by atoms with Gasteiger partial charge < -0.3 is 9.80 Å². The molecule has 0 unspecified atom stereocenters. The fraction of sp³-hybridized carbons (Fsp3) is 0.419. The first kappa shape index (κ1) is 29.6. The Bertz CT molecular complexity index is 1280. The minimum atomic E-state index is 0.847. The predicted octanol–water partition coefficient (Wildman–Crippen LogP) is 6.74. The number of rotatable bonds is 14. The lowest BCUT2D eigenvalue weighted by Gasteiger charge is -2.23. The second kappa shape index (κ2) is 14.3. The van der Waals surface area contributed by atoms with E-state index in [2.05, 4.69) is 115 Å². The standard InChI is InChI=1S/C31H44N10/c1-7-38-22-23-39(8-2)30(38)34-32-26-12-16-28(17-13-26)36(5)20-11-21-37(6)29-18-14-27(15-19-29)33-35-31-40(9-3)24-25-41(31)10-4/h12-19,22-25H,7-11,20-21H2,1-6H3/q+2. The van der Waals surface area contributed by atoms with Gasteiger partial charge in [-0.2, -0.15) is 0 Å². The highest BCUT2D eigenvalue weighted by molar-refractivity contribution is 5.53. The van der Waals surface area contributed by atoms with Gasteiger partial charge in [-0.25, -0.2) is 18.3 Å². The van der Waals surface area contributed by atoms with E-state index in [0.29, 0.717) is 0 Å². The van der Waals surface area contributed by atoms with Gasteiger partial charge in [-0.3, -0.25) is 0 Å². The van der Waals surface area contributed by atoms with Crippen molar-refractivity contribution in [3.63, 3.8) is 0 Å². The first-order chi connectivity index (χ1) is 20.0. The average molecular weight is 557 g/mol. The quantitative estimate of drug-likeness (QED) is 0.127. The van der Waals surface area contributed by atoms with E-state index in [1.165, 1.54) is 11.4 Å². The van der Waals surface area contributed by atoms with Crippen molar-refractivity contribution in [2.45, 2.75) is 60.3 Å². The summed E-state index contributed by atoms with van der Waals surface area (Å²) in [6, 6.07) is 16.5. The SMILES string of the molecule is CCn1cc[n+](CC)c1N=Nc1ccc(N(C)CCCN(C)c2ccc(N=Nc3n(CC)cc[n+]3CC)cc2)cc1. The number of azo groups is 2. The van der Waals surface area contributed by atoms with Crippen LogP contribution in [-0.4, -0.2) is 36.3 Å². The summed E-state index contributed by atoms with van der Waals surface area (Å²) in [7, 11) is 4.26. The Kier molecular flexibility index (Phi) is 10.4. The minimum absolute atomic E-state index is 0.847. The van der Waals surface area contributed by atoms with Crippen LogP contribution in [0.15, 0.2) is 93.8 Å². The smallest absolute Gasteiger partial charge is 0.375 e. The molecule has 0 saturated carbocycles. The van der Waals surface area contributed by atoms with Gasteiger partial charge in [0, 0.05) is 48.8 Å².